The van der Waals surface area contributed by atoms with Crippen molar-refractivity contribution in [3.63, 3.8) is 0 Å². The van der Waals surface area contributed by atoms with E-state index in [1.165, 1.54) is 0 Å². The maximum Gasteiger partial charge on any atom is 0.416 e. The first-order valence-corrected chi connectivity index (χ1v) is 6.83. The van der Waals surface area contributed by atoms with Crippen molar-refractivity contribution < 1.29 is 32.2 Å². The highest BCUT2D eigenvalue weighted by Gasteiger charge is 2.89. The predicted molar refractivity (Wildman–Crippen MR) is 74.3 cm³/mol. The lowest BCUT2D eigenvalue weighted by Gasteiger charge is -2.13. The summed E-state index contributed by atoms with van der Waals surface area (Å²) in [4.78, 5) is 24.5. The minimum Gasteiger partial charge on any atom is -0.468 e. The van der Waals surface area contributed by atoms with Gasteiger partial charge in [-0.25, -0.2) is 0 Å². The number of hydrogen-bond acceptors (Lipinski definition) is 6. The Hall–Kier alpha value is -3.07. The third-order valence-electron chi connectivity index (χ3n) is 4.34. The Labute approximate surface area is 140 Å². The predicted octanol–water partition coefficient (Wildman–Crippen LogP) is 2.17. The van der Waals surface area contributed by atoms with Crippen LogP contribution in [-0.4, -0.2) is 26.2 Å². The number of esters is 2. The van der Waals surface area contributed by atoms with E-state index >= 15 is 0 Å². The van der Waals surface area contributed by atoms with E-state index in [-0.39, 0.29) is 5.56 Å². The molecular formula is C16H11F3N2O4. The number of carbonyl (C=O) groups excluding carboxylic acids is 2. The molecule has 0 bridgehead atoms. The van der Waals surface area contributed by atoms with Gasteiger partial charge in [-0.3, -0.25) is 9.59 Å². The molecule has 2 rings (SSSR count). The highest BCUT2D eigenvalue weighted by molar-refractivity contribution is 6.09. The van der Waals surface area contributed by atoms with Crippen molar-refractivity contribution in [2.45, 2.75) is 12.1 Å². The SMILES string of the molecule is COC(=O)C1(C(=O)OC)C(c2ccc(C(F)(F)F)cc2)C1(C#N)C#N. The molecule has 9 heteroatoms. The van der Waals surface area contributed by atoms with Gasteiger partial charge >= 0.3 is 18.1 Å². The van der Waals surface area contributed by atoms with Gasteiger partial charge in [0.2, 0.25) is 5.41 Å². The van der Waals surface area contributed by atoms with Gasteiger partial charge in [0.15, 0.2) is 5.41 Å². The van der Waals surface area contributed by atoms with Crippen LogP contribution < -0.4 is 0 Å². The van der Waals surface area contributed by atoms with Crippen molar-refractivity contribution in [1.29, 1.82) is 10.5 Å². The van der Waals surface area contributed by atoms with E-state index in [0.29, 0.717) is 0 Å². The molecule has 1 fully saturated rings. The molecule has 1 aromatic rings. The molecular weight excluding hydrogens is 341 g/mol. The second-order valence-electron chi connectivity index (χ2n) is 5.38. The molecule has 25 heavy (non-hydrogen) atoms. The Balaban J connectivity index is 2.63. The highest BCUT2D eigenvalue weighted by atomic mass is 19.4. The molecule has 1 atom stereocenters. The molecule has 1 aliphatic rings. The first kappa shape index (κ1) is 18.3. The minimum absolute atomic E-state index is 0.0481. The smallest absolute Gasteiger partial charge is 0.416 e. The lowest BCUT2D eigenvalue weighted by atomic mass is 9.95. The fraction of sp³-hybridized carbons (Fsp3) is 0.375. The maximum atomic E-state index is 12.7. The van der Waals surface area contributed by atoms with Crippen LogP contribution >= 0.6 is 0 Å². The zero-order valence-electron chi connectivity index (χ0n) is 13.0. The number of benzene rings is 1. The summed E-state index contributed by atoms with van der Waals surface area (Å²) in [5, 5.41) is 18.9. The monoisotopic (exact) mass is 352 g/mol. The second-order valence-corrected chi connectivity index (χ2v) is 5.38. The van der Waals surface area contributed by atoms with Crippen LogP contribution in [0.3, 0.4) is 0 Å². The standard InChI is InChI=1S/C16H11F3N2O4/c1-24-12(22)15(13(23)25-2)11(14(15,7-20)8-21)9-3-5-10(6-4-9)16(17,18)19/h3-6,11H,1-2H3. The van der Waals surface area contributed by atoms with Crippen LogP contribution in [-0.2, 0) is 25.2 Å². The van der Waals surface area contributed by atoms with E-state index in [4.69, 9.17) is 0 Å². The summed E-state index contributed by atoms with van der Waals surface area (Å²) in [5.41, 5.74) is -5.28. The number of ether oxygens (including phenoxy) is 2. The van der Waals surface area contributed by atoms with E-state index in [2.05, 4.69) is 9.47 Å². The molecule has 0 saturated heterocycles. The topological polar surface area (TPSA) is 100 Å². The van der Waals surface area contributed by atoms with Gasteiger partial charge in [0.05, 0.1) is 31.9 Å². The molecule has 0 N–H and O–H groups in total. The number of carbonyl (C=O) groups is 2. The summed E-state index contributed by atoms with van der Waals surface area (Å²) in [5.74, 6) is -3.63. The lowest BCUT2D eigenvalue weighted by molar-refractivity contribution is -0.162. The Kier molecular flexibility index (Phi) is 4.22. The zero-order valence-corrected chi connectivity index (χ0v) is 13.0. The van der Waals surface area contributed by atoms with Gasteiger partial charge in [-0.1, -0.05) is 12.1 Å². The van der Waals surface area contributed by atoms with Crippen LogP contribution in [0.5, 0.6) is 0 Å². The normalized spacial score (nSPS) is 19.9. The molecule has 0 spiro atoms. The van der Waals surface area contributed by atoms with Crippen LogP contribution in [0.15, 0.2) is 24.3 Å². The van der Waals surface area contributed by atoms with E-state index in [0.717, 1.165) is 38.5 Å². The summed E-state index contributed by atoms with van der Waals surface area (Å²) < 4.78 is 47.2. The van der Waals surface area contributed by atoms with Gasteiger partial charge in [0.25, 0.3) is 0 Å². The van der Waals surface area contributed by atoms with Crippen molar-refractivity contribution in [2.75, 3.05) is 14.2 Å². The first-order chi connectivity index (χ1) is 11.7. The maximum absolute atomic E-state index is 12.7. The fourth-order valence-corrected chi connectivity index (χ4v) is 3.13. The van der Waals surface area contributed by atoms with Crippen molar-refractivity contribution in [3.05, 3.63) is 35.4 Å². The van der Waals surface area contributed by atoms with Gasteiger partial charge in [0, 0.05) is 5.92 Å². The molecule has 1 aliphatic carbocycles. The Morgan fingerprint density at radius 3 is 1.80 bits per heavy atom. The van der Waals surface area contributed by atoms with E-state index in [1.54, 1.807) is 12.1 Å². The van der Waals surface area contributed by atoms with Crippen molar-refractivity contribution in [1.82, 2.24) is 0 Å². The molecule has 0 heterocycles. The van der Waals surface area contributed by atoms with Gasteiger partial charge in [0.1, 0.15) is 0 Å². The summed E-state index contributed by atoms with van der Waals surface area (Å²) in [6, 6.07) is 6.79. The molecule has 6 nitrogen and oxygen atoms in total. The summed E-state index contributed by atoms with van der Waals surface area (Å²) >= 11 is 0. The number of alkyl halides is 3. The largest absolute Gasteiger partial charge is 0.468 e. The summed E-state index contributed by atoms with van der Waals surface area (Å²) in [6.07, 6.45) is -4.58. The van der Waals surface area contributed by atoms with Gasteiger partial charge in [-0.2, -0.15) is 23.7 Å². The fourth-order valence-electron chi connectivity index (χ4n) is 3.13. The summed E-state index contributed by atoms with van der Waals surface area (Å²) in [7, 11) is 1.93. The molecule has 1 aromatic carbocycles. The second kappa shape index (κ2) is 5.78. The number of hydrogen-bond donors (Lipinski definition) is 0. The number of halogens is 3. The molecule has 0 aromatic heterocycles. The van der Waals surface area contributed by atoms with Crippen LogP contribution in [0.1, 0.15) is 17.0 Å². The zero-order chi connectivity index (χ0) is 19.0. The molecule has 1 saturated carbocycles. The number of rotatable bonds is 3. The van der Waals surface area contributed by atoms with Crippen LogP contribution in [0, 0.1) is 33.5 Å². The molecule has 130 valence electrons. The lowest BCUT2D eigenvalue weighted by Crippen LogP contribution is -2.34. The quantitative estimate of drug-likeness (QED) is 0.610. The number of nitrogens with zero attached hydrogens (tertiary/aromatic N) is 2. The van der Waals surface area contributed by atoms with E-state index in [1.807, 2.05) is 0 Å². The minimum atomic E-state index is -4.58. The van der Waals surface area contributed by atoms with Gasteiger partial charge in [-0.15, -0.1) is 0 Å². The third kappa shape index (κ3) is 2.23. The van der Waals surface area contributed by atoms with Crippen molar-refractivity contribution >= 4 is 11.9 Å². The Morgan fingerprint density at radius 1 is 1.04 bits per heavy atom. The van der Waals surface area contributed by atoms with Crippen LogP contribution in [0.4, 0.5) is 13.2 Å². The van der Waals surface area contributed by atoms with Crippen LogP contribution in [0.25, 0.3) is 0 Å². The molecule has 0 aliphatic heterocycles. The molecule has 0 radical (unpaired) electrons. The van der Waals surface area contributed by atoms with Crippen molar-refractivity contribution in [3.8, 4) is 12.1 Å². The third-order valence-corrected chi connectivity index (χ3v) is 4.34. The Bertz CT molecular complexity index is 773. The Morgan fingerprint density at radius 2 is 1.48 bits per heavy atom. The van der Waals surface area contributed by atoms with E-state index in [9.17, 15) is 33.3 Å². The average molecular weight is 352 g/mol. The number of methoxy groups -OCH3 is 2. The highest BCUT2D eigenvalue weighted by Crippen LogP contribution is 2.74. The van der Waals surface area contributed by atoms with Gasteiger partial charge < -0.3 is 9.47 Å². The molecule has 1 unspecified atom stereocenters. The first-order valence-electron chi connectivity index (χ1n) is 6.83. The van der Waals surface area contributed by atoms with Crippen molar-refractivity contribution in [2.24, 2.45) is 10.8 Å². The number of nitriles is 2. The van der Waals surface area contributed by atoms with Crippen LogP contribution in [0.2, 0.25) is 0 Å². The van der Waals surface area contributed by atoms with Gasteiger partial charge in [-0.05, 0) is 17.7 Å². The summed E-state index contributed by atoms with van der Waals surface area (Å²) in [6.45, 7) is 0. The molecule has 0 amide bonds. The van der Waals surface area contributed by atoms with E-state index < -0.39 is 40.4 Å². The average Bonchev–Trinajstić information content (AvgIpc) is 3.24.